The van der Waals surface area contributed by atoms with Crippen LogP contribution < -0.4 is 9.64 Å². The molecule has 3 aromatic rings. The van der Waals surface area contributed by atoms with Gasteiger partial charge in [-0.2, -0.15) is 0 Å². The third-order valence-corrected chi connectivity index (χ3v) is 6.11. The number of anilines is 1. The molecule has 1 aliphatic rings. The van der Waals surface area contributed by atoms with E-state index in [0.717, 1.165) is 11.1 Å². The molecule has 1 heterocycles. The predicted molar refractivity (Wildman–Crippen MR) is 139 cm³/mol. The Morgan fingerprint density at radius 1 is 0.886 bits per heavy atom. The summed E-state index contributed by atoms with van der Waals surface area (Å²) in [6.07, 6.45) is 0. The van der Waals surface area contributed by atoms with Crippen molar-refractivity contribution in [3.63, 3.8) is 0 Å². The summed E-state index contributed by atoms with van der Waals surface area (Å²) in [6.45, 7) is 8.92. The maximum atomic E-state index is 13.3. The molecule has 1 fully saturated rings. The number of carbonyl (C=O) groups excluding carboxylic acids is 2. The summed E-state index contributed by atoms with van der Waals surface area (Å²) >= 11 is 0. The Labute approximate surface area is 206 Å². The molecule has 35 heavy (non-hydrogen) atoms. The lowest BCUT2D eigenvalue weighted by atomic mass is 9.95. The van der Waals surface area contributed by atoms with Gasteiger partial charge < -0.3 is 9.84 Å². The van der Waals surface area contributed by atoms with Gasteiger partial charge in [0.05, 0.1) is 18.2 Å². The van der Waals surface area contributed by atoms with Gasteiger partial charge in [0.15, 0.2) is 0 Å². The summed E-state index contributed by atoms with van der Waals surface area (Å²) in [7, 11) is 0. The van der Waals surface area contributed by atoms with Crippen LogP contribution in [0.2, 0.25) is 0 Å². The van der Waals surface area contributed by atoms with E-state index in [1.54, 1.807) is 24.3 Å². The van der Waals surface area contributed by atoms with Crippen molar-refractivity contribution < 1.29 is 19.4 Å². The molecule has 0 aliphatic carbocycles. The first-order valence-electron chi connectivity index (χ1n) is 12.0. The second-order valence-electron chi connectivity index (χ2n) is 9.56. The van der Waals surface area contributed by atoms with E-state index in [1.165, 1.54) is 4.90 Å². The first-order valence-corrected chi connectivity index (χ1v) is 12.0. The van der Waals surface area contributed by atoms with Crippen molar-refractivity contribution in [3.05, 3.63) is 101 Å². The quantitative estimate of drug-likeness (QED) is 0.245. The molecule has 0 radical (unpaired) electrons. The first kappa shape index (κ1) is 24.3. The Hall–Kier alpha value is -3.86. The largest absolute Gasteiger partial charge is 0.507 e. The molecule has 1 saturated heterocycles. The van der Waals surface area contributed by atoms with E-state index in [-0.39, 0.29) is 11.3 Å². The number of aliphatic hydroxyl groups is 1. The third kappa shape index (κ3) is 4.99. The van der Waals surface area contributed by atoms with Gasteiger partial charge >= 0.3 is 0 Å². The summed E-state index contributed by atoms with van der Waals surface area (Å²) in [5, 5.41) is 11.3. The summed E-state index contributed by atoms with van der Waals surface area (Å²) in [6, 6.07) is 23.2. The molecule has 1 atom stereocenters. The fraction of sp³-hybridized carbons (Fsp3) is 0.267. The summed E-state index contributed by atoms with van der Waals surface area (Å²) < 4.78 is 5.73. The van der Waals surface area contributed by atoms with E-state index in [1.807, 2.05) is 54.6 Å². The number of aliphatic hydroxyl groups excluding tert-OH is 1. The SMILES string of the molecule is CC(C)COc1ccc(/C(O)=C2\C(=O)C(=O)N(c3ccc(C(C)C)cc3)C2c2ccccc2)cc1. The topological polar surface area (TPSA) is 66.8 Å². The van der Waals surface area contributed by atoms with E-state index >= 15 is 0 Å². The van der Waals surface area contributed by atoms with Gasteiger partial charge in [-0.15, -0.1) is 0 Å². The van der Waals surface area contributed by atoms with Gasteiger partial charge in [-0.1, -0.05) is 70.2 Å². The van der Waals surface area contributed by atoms with Gasteiger partial charge in [0.2, 0.25) is 0 Å². The van der Waals surface area contributed by atoms with E-state index in [0.29, 0.717) is 35.4 Å². The normalized spacial score (nSPS) is 17.4. The first-order chi connectivity index (χ1) is 16.8. The second-order valence-corrected chi connectivity index (χ2v) is 9.56. The smallest absolute Gasteiger partial charge is 0.300 e. The number of benzene rings is 3. The second kappa shape index (κ2) is 10.2. The van der Waals surface area contributed by atoms with Gasteiger partial charge in [-0.3, -0.25) is 14.5 Å². The molecular weight excluding hydrogens is 438 g/mol. The maximum absolute atomic E-state index is 13.3. The minimum atomic E-state index is -0.738. The summed E-state index contributed by atoms with van der Waals surface area (Å²) in [5.41, 5.74) is 3.03. The third-order valence-electron chi connectivity index (χ3n) is 6.11. The predicted octanol–water partition coefficient (Wildman–Crippen LogP) is 6.47. The molecular formula is C30H31NO4. The number of Topliss-reactive ketones (excluding diaryl/α,β-unsaturated/α-hetero) is 1. The molecule has 0 bridgehead atoms. The number of carbonyl (C=O) groups is 2. The van der Waals surface area contributed by atoms with Crippen LogP contribution in [-0.2, 0) is 9.59 Å². The number of hydrogen-bond donors (Lipinski definition) is 1. The van der Waals surface area contributed by atoms with Crippen LogP contribution in [0, 0.1) is 5.92 Å². The molecule has 4 rings (SSSR count). The summed E-state index contributed by atoms with van der Waals surface area (Å²) in [4.78, 5) is 28.0. The Balaban J connectivity index is 1.78. The van der Waals surface area contributed by atoms with Crippen molar-refractivity contribution in [2.24, 2.45) is 5.92 Å². The van der Waals surface area contributed by atoms with Crippen LogP contribution in [0.15, 0.2) is 84.4 Å². The zero-order chi connectivity index (χ0) is 25.1. The van der Waals surface area contributed by atoms with Crippen LogP contribution in [0.4, 0.5) is 5.69 Å². The molecule has 1 N–H and O–H groups in total. The minimum absolute atomic E-state index is 0.0741. The highest BCUT2D eigenvalue weighted by atomic mass is 16.5. The molecule has 1 unspecified atom stereocenters. The van der Waals surface area contributed by atoms with Crippen LogP contribution in [0.1, 0.15) is 56.3 Å². The van der Waals surface area contributed by atoms with Crippen molar-refractivity contribution in [2.45, 2.75) is 39.7 Å². The standard InChI is InChI=1S/C30H31NO4/c1-19(2)18-35-25-16-12-23(13-17-25)28(32)26-27(22-8-6-5-7-9-22)31(30(34)29(26)33)24-14-10-21(11-15-24)20(3)4/h5-17,19-20,27,32H,18H2,1-4H3/b28-26+. The molecule has 1 aliphatic heterocycles. The van der Waals surface area contributed by atoms with Gasteiger partial charge in [0.25, 0.3) is 11.7 Å². The van der Waals surface area contributed by atoms with Crippen LogP contribution in [0.25, 0.3) is 5.76 Å². The fourth-order valence-corrected chi connectivity index (χ4v) is 4.20. The van der Waals surface area contributed by atoms with Crippen molar-refractivity contribution in [1.82, 2.24) is 0 Å². The lowest BCUT2D eigenvalue weighted by molar-refractivity contribution is -0.132. The molecule has 0 aromatic heterocycles. The minimum Gasteiger partial charge on any atom is -0.507 e. The molecule has 180 valence electrons. The van der Waals surface area contributed by atoms with E-state index in [9.17, 15) is 14.7 Å². The van der Waals surface area contributed by atoms with Crippen LogP contribution >= 0.6 is 0 Å². The number of ether oxygens (including phenoxy) is 1. The number of rotatable bonds is 7. The Kier molecular flexibility index (Phi) is 7.06. The average molecular weight is 470 g/mol. The summed E-state index contributed by atoms with van der Waals surface area (Å²) in [5.74, 6) is -0.148. The number of nitrogens with zero attached hydrogens (tertiary/aromatic N) is 1. The number of hydrogen-bond acceptors (Lipinski definition) is 4. The molecule has 0 saturated carbocycles. The molecule has 5 nitrogen and oxygen atoms in total. The van der Waals surface area contributed by atoms with Crippen molar-refractivity contribution >= 4 is 23.1 Å². The highest BCUT2D eigenvalue weighted by molar-refractivity contribution is 6.51. The van der Waals surface area contributed by atoms with Gasteiger partial charge in [0.1, 0.15) is 11.5 Å². The van der Waals surface area contributed by atoms with E-state index in [2.05, 4.69) is 27.7 Å². The molecule has 5 heteroatoms. The lowest BCUT2D eigenvalue weighted by Gasteiger charge is -2.25. The van der Waals surface area contributed by atoms with Crippen molar-refractivity contribution in [1.29, 1.82) is 0 Å². The lowest BCUT2D eigenvalue weighted by Crippen LogP contribution is -2.29. The van der Waals surface area contributed by atoms with E-state index < -0.39 is 17.7 Å². The van der Waals surface area contributed by atoms with Crippen molar-refractivity contribution in [3.8, 4) is 5.75 Å². The van der Waals surface area contributed by atoms with Crippen LogP contribution in [0.3, 0.4) is 0 Å². The number of ketones is 1. The number of amides is 1. The maximum Gasteiger partial charge on any atom is 0.300 e. The van der Waals surface area contributed by atoms with Crippen LogP contribution in [-0.4, -0.2) is 23.4 Å². The van der Waals surface area contributed by atoms with Gasteiger partial charge in [0, 0.05) is 11.3 Å². The molecule has 3 aromatic carbocycles. The Morgan fingerprint density at radius 3 is 2.09 bits per heavy atom. The molecule has 0 spiro atoms. The van der Waals surface area contributed by atoms with E-state index in [4.69, 9.17) is 4.74 Å². The molecule has 1 amide bonds. The zero-order valence-electron chi connectivity index (χ0n) is 20.6. The Morgan fingerprint density at radius 2 is 1.51 bits per heavy atom. The highest BCUT2D eigenvalue weighted by Crippen LogP contribution is 2.42. The Bertz CT molecular complexity index is 1230. The van der Waals surface area contributed by atoms with Crippen LogP contribution in [0.5, 0.6) is 5.75 Å². The fourth-order valence-electron chi connectivity index (χ4n) is 4.20. The van der Waals surface area contributed by atoms with Gasteiger partial charge in [-0.05, 0) is 59.4 Å². The monoisotopic (exact) mass is 469 g/mol. The highest BCUT2D eigenvalue weighted by Gasteiger charge is 2.46. The zero-order valence-corrected chi connectivity index (χ0v) is 20.6. The van der Waals surface area contributed by atoms with Gasteiger partial charge in [-0.25, -0.2) is 0 Å². The average Bonchev–Trinajstić information content (AvgIpc) is 3.13. The van der Waals surface area contributed by atoms with Crippen molar-refractivity contribution in [2.75, 3.05) is 11.5 Å².